The van der Waals surface area contributed by atoms with Crippen molar-refractivity contribution in [3.63, 3.8) is 0 Å². The van der Waals surface area contributed by atoms with Crippen molar-refractivity contribution < 1.29 is 9.59 Å². The minimum Gasteiger partial charge on any atom is -0.399 e. The molecule has 0 radical (unpaired) electrons. The fourth-order valence-electron chi connectivity index (χ4n) is 2.42. The van der Waals surface area contributed by atoms with Gasteiger partial charge in [-0.1, -0.05) is 0 Å². The van der Waals surface area contributed by atoms with Crippen LogP contribution in [0.15, 0.2) is 48.5 Å². The van der Waals surface area contributed by atoms with E-state index in [9.17, 15) is 9.59 Å². The molecule has 0 aliphatic carbocycles. The van der Waals surface area contributed by atoms with Gasteiger partial charge in [0.25, 0.3) is 5.91 Å². The maximum absolute atomic E-state index is 12.4. The Labute approximate surface area is 127 Å². The Morgan fingerprint density at radius 3 is 2.55 bits per heavy atom. The highest BCUT2D eigenvalue weighted by Crippen LogP contribution is 2.21. The predicted molar refractivity (Wildman–Crippen MR) is 87.1 cm³/mol. The Balaban J connectivity index is 1.95. The summed E-state index contributed by atoms with van der Waals surface area (Å²) < 4.78 is 1.80. The van der Waals surface area contributed by atoms with Gasteiger partial charge in [0.2, 0.25) is 0 Å². The van der Waals surface area contributed by atoms with Gasteiger partial charge < -0.3 is 15.6 Å². The topological polar surface area (TPSA) is 77.1 Å². The molecule has 3 rings (SSSR count). The largest absolute Gasteiger partial charge is 0.399 e. The zero-order valence-electron chi connectivity index (χ0n) is 12.0. The molecule has 0 saturated carbocycles. The zero-order valence-corrected chi connectivity index (χ0v) is 12.0. The number of anilines is 2. The zero-order chi connectivity index (χ0) is 15.7. The van der Waals surface area contributed by atoms with Crippen LogP contribution in [0.1, 0.15) is 20.8 Å². The molecule has 110 valence electrons. The molecule has 0 atom stereocenters. The Morgan fingerprint density at radius 2 is 1.86 bits per heavy atom. The van der Waals surface area contributed by atoms with E-state index in [1.807, 2.05) is 13.1 Å². The van der Waals surface area contributed by atoms with Gasteiger partial charge >= 0.3 is 0 Å². The number of aryl methyl sites for hydroxylation is 1. The van der Waals surface area contributed by atoms with Gasteiger partial charge in [-0.05, 0) is 48.5 Å². The number of aromatic nitrogens is 1. The lowest BCUT2D eigenvalue weighted by Gasteiger charge is -2.06. The van der Waals surface area contributed by atoms with Gasteiger partial charge in [0.1, 0.15) is 12.0 Å². The smallest absolute Gasteiger partial charge is 0.272 e. The Morgan fingerprint density at radius 1 is 1.14 bits per heavy atom. The molecule has 1 amide bonds. The SMILES string of the molecule is Cn1c(C(=O)Nc2ccc(N)cc2)cc2cc(C=O)ccc21. The quantitative estimate of drug-likeness (QED) is 0.576. The van der Waals surface area contributed by atoms with Gasteiger partial charge in [0, 0.05) is 34.9 Å². The number of fused-ring (bicyclic) bond motifs is 1. The molecule has 5 nitrogen and oxygen atoms in total. The standard InChI is InChI=1S/C17H15N3O2/c1-20-15-7-2-11(10-21)8-12(15)9-16(20)17(22)19-14-5-3-13(18)4-6-14/h2-10H,18H2,1H3,(H,19,22). The van der Waals surface area contributed by atoms with Gasteiger partial charge in [0.15, 0.2) is 0 Å². The number of amides is 1. The molecule has 3 aromatic rings. The second kappa shape index (κ2) is 5.37. The summed E-state index contributed by atoms with van der Waals surface area (Å²) in [4.78, 5) is 23.3. The lowest BCUT2D eigenvalue weighted by molar-refractivity contribution is 0.101. The van der Waals surface area contributed by atoms with E-state index in [0.717, 1.165) is 17.2 Å². The molecule has 2 aromatic carbocycles. The number of nitrogens with zero attached hydrogens (tertiary/aromatic N) is 1. The predicted octanol–water partition coefficient (Wildman–Crippen LogP) is 2.83. The molecule has 0 aliphatic rings. The first-order valence-corrected chi connectivity index (χ1v) is 6.80. The highest BCUT2D eigenvalue weighted by molar-refractivity contribution is 6.06. The van der Waals surface area contributed by atoms with E-state index in [1.165, 1.54) is 0 Å². The Bertz CT molecular complexity index is 863. The molecule has 1 heterocycles. The Kier molecular flexibility index (Phi) is 3.39. The highest BCUT2D eigenvalue weighted by atomic mass is 16.2. The van der Waals surface area contributed by atoms with Gasteiger partial charge in [-0.3, -0.25) is 9.59 Å². The van der Waals surface area contributed by atoms with Crippen molar-refractivity contribution in [2.75, 3.05) is 11.1 Å². The minimum absolute atomic E-state index is 0.212. The van der Waals surface area contributed by atoms with E-state index in [4.69, 9.17) is 5.73 Å². The highest BCUT2D eigenvalue weighted by Gasteiger charge is 2.13. The number of hydrogen-bond donors (Lipinski definition) is 2. The van der Waals surface area contributed by atoms with E-state index in [1.54, 1.807) is 47.0 Å². The summed E-state index contributed by atoms with van der Waals surface area (Å²) in [6.07, 6.45) is 0.792. The average molecular weight is 293 g/mol. The third-order valence-electron chi connectivity index (χ3n) is 3.60. The number of benzene rings is 2. The molecular weight excluding hydrogens is 278 g/mol. The summed E-state index contributed by atoms with van der Waals surface area (Å²) in [7, 11) is 1.82. The molecule has 0 fully saturated rings. The molecule has 3 N–H and O–H groups in total. The maximum Gasteiger partial charge on any atom is 0.272 e. The van der Waals surface area contributed by atoms with Crippen molar-refractivity contribution >= 4 is 34.5 Å². The molecule has 0 aliphatic heterocycles. The number of carbonyl (C=O) groups is 2. The lowest BCUT2D eigenvalue weighted by atomic mass is 10.2. The lowest BCUT2D eigenvalue weighted by Crippen LogP contribution is -2.15. The van der Waals surface area contributed by atoms with Crippen LogP contribution in [0.4, 0.5) is 11.4 Å². The van der Waals surface area contributed by atoms with Gasteiger partial charge in [-0.25, -0.2) is 0 Å². The maximum atomic E-state index is 12.4. The van der Waals surface area contributed by atoms with Crippen LogP contribution < -0.4 is 11.1 Å². The Hall–Kier alpha value is -3.08. The first kappa shape index (κ1) is 13.9. The van der Waals surface area contributed by atoms with Crippen LogP contribution in [0.5, 0.6) is 0 Å². The van der Waals surface area contributed by atoms with Crippen molar-refractivity contribution in [3.05, 3.63) is 59.8 Å². The van der Waals surface area contributed by atoms with E-state index < -0.39 is 0 Å². The van der Waals surface area contributed by atoms with Crippen LogP contribution in [0.2, 0.25) is 0 Å². The second-order valence-corrected chi connectivity index (χ2v) is 5.10. The molecule has 22 heavy (non-hydrogen) atoms. The fourth-order valence-corrected chi connectivity index (χ4v) is 2.42. The van der Waals surface area contributed by atoms with Crippen LogP contribution >= 0.6 is 0 Å². The van der Waals surface area contributed by atoms with Crippen molar-refractivity contribution in [3.8, 4) is 0 Å². The monoisotopic (exact) mass is 293 g/mol. The van der Waals surface area contributed by atoms with E-state index >= 15 is 0 Å². The fraction of sp³-hybridized carbons (Fsp3) is 0.0588. The van der Waals surface area contributed by atoms with Gasteiger partial charge in [-0.15, -0.1) is 0 Å². The summed E-state index contributed by atoms with van der Waals surface area (Å²) in [5.74, 6) is -0.212. The molecule has 0 unspecified atom stereocenters. The van der Waals surface area contributed by atoms with E-state index in [0.29, 0.717) is 22.6 Å². The average Bonchev–Trinajstić information content (AvgIpc) is 2.86. The minimum atomic E-state index is -0.212. The number of rotatable bonds is 3. The summed E-state index contributed by atoms with van der Waals surface area (Å²) in [5.41, 5.74) is 8.95. The van der Waals surface area contributed by atoms with Gasteiger partial charge in [0.05, 0.1) is 0 Å². The van der Waals surface area contributed by atoms with Crippen LogP contribution in [0.3, 0.4) is 0 Å². The normalized spacial score (nSPS) is 10.6. The first-order chi connectivity index (χ1) is 10.6. The molecule has 0 saturated heterocycles. The number of carbonyl (C=O) groups excluding carboxylic acids is 2. The number of nitrogen functional groups attached to an aromatic ring is 1. The molecule has 0 bridgehead atoms. The molecule has 1 aromatic heterocycles. The molecule has 5 heteroatoms. The number of nitrogens with two attached hydrogens (primary N) is 1. The van der Waals surface area contributed by atoms with Crippen LogP contribution in [-0.4, -0.2) is 16.8 Å². The van der Waals surface area contributed by atoms with Crippen molar-refractivity contribution in [1.29, 1.82) is 0 Å². The molecular formula is C17H15N3O2. The number of aldehydes is 1. The van der Waals surface area contributed by atoms with E-state index in [2.05, 4.69) is 5.32 Å². The number of nitrogens with one attached hydrogen (secondary N) is 1. The summed E-state index contributed by atoms with van der Waals surface area (Å²) in [5, 5.41) is 3.69. The second-order valence-electron chi connectivity index (χ2n) is 5.10. The van der Waals surface area contributed by atoms with Crippen LogP contribution in [0, 0.1) is 0 Å². The van der Waals surface area contributed by atoms with Gasteiger partial charge in [-0.2, -0.15) is 0 Å². The molecule has 0 spiro atoms. The van der Waals surface area contributed by atoms with Crippen molar-refractivity contribution in [2.45, 2.75) is 0 Å². The third-order valence-corrected chi connectivity index (χ3v) is 3.60. The van der Waals surface area contributed by atoms with E-state index in [-0.39, 0.29) is 5.91 Å². The van der Waals surface area contributed by atoms with Crippen LogP contribution in [0.25, 0.3) is 10.9 Å². The first-order valence-electron chi connectivity index (χ1n) is 6.80. The summed E-state index contributed by atoms with van der Waals surface area (Å²) >= 11 is 0. The summed E-state index contributed by atoms with van der Waals surface area (Å²) in [6.45, 7) is 0. The third kappa shape index (κ3) is 2.44. The van der Waals surface area contributed by atoms with Crippen molar-refractivity contribution in [1.82, 2.24) is 4.57 Å². The number of hydrogen-bond acceptors (Lipinski definition) is 3. The summed E-state index contributed by atoms with van der Waals surface area (Å²) in [6, 6.07) is 14.1. The van der Waals surface area contributed by atoms with Crippen LogP contribution in [-0.2, 0) is 7.05 Å². The van der Waals surface area contributed by atoms with Crippen molar-refractivity contribution in [2.24, 2.45) is 7.05 Å².